The van der Waals surface area contributed by atoms with Gasteiger partial charge in [-0.15, -0.1) is 0 Å². The Morgan fingerprint density at radius 2 is 1.61 bits per heavy atom. The van der Waals surface area contributed by atoms with Crippen molar-refractivity contribution in [3.05, 3.63) is 59.7 Å². The molecular formula is C37H48N8O8S. The minimum Gasteiger partial charge on any atom is -0.449 e. The molecule has 4 atom stereocenters. The van der Waals surface area contributed by atoms with Gasteiger partial charge >= 0.3 is 12.1 Å². The average Bonchev–Trinajstić information content (AvgIpc) is 3.80. The molecule has 54 heavy (non-hydrogen) atoms. The second kappa shape index (κ2) is 19.1. The van der Waals surface area contributed by atoms with Crippen LogP contribution in [0.3, 0.4) is 0 Å². The van der Waals surface area contributed by atoms with Crippen molar-refractivity contribution in [2.45, 2.75) is 68.3 Å². The molecule has 0 radical (unpaired) electrons. The van der Waals surface area contributed by atoms with Gasteiger partial charge in [0.25, 0.3) is 0 Å². The highest BCUT2D eigenvalue weighted by molar-refractivity contribution is 8.00. The van der Waals surface area contributed by atoms with E-state index in [1.807, 2.05) is 60.3 Å². The summed E-state index contributed by atoms with van der Waals surface area (Å²) in [4.78, 5) is 87.8. The molecule has 0 saturated carbocycles. The first-order chi connectivity index (χ1) is 26.0. The number of rotatable bonds is 19. The summed E-state index contributed by atoms with van der Waals surface area (Å²) in [6.45, 7) is 0.496. The minimum absolute atomic E-state index is 0.0304. The first kappa shape index (κ1) is 39.9. The summed E-state index contributed by atoms with van der Waals surface area (Å²) < 4.78 is 5.51. The lowest BCUT2D eigenvalue weighted by molar-refractivity contribution is -0.139. The maximum atomic E-state index is 13.5. The molecule has 5 rings (SSSR count). The van der Waals surface area contributed by atoms with Gasteiger partial charge in [0.2, 0.25) is 29.5 Å². The van der Waals surface area contributed by atoms with E-state index in [1.165, 1.54) is 6.92 Å². The van der Waals surface area contributed by atoms with E-state index in [4.69, 9.17) is 10.5 Å². The molecular weight excluding hydrogens is 717 g/mol. The van der Waals surface area contributed by atoms with E-state index < -0.39 is 42.3 Å². The van der Waals surface area contributed by atoms with Crippen LogP contribution in [0.5, 0.6) is 0 Å². The van der Waals surface area contributed by atoms with Gasteiger partial charge in [-0.25, -0.2) is 9.59 Å². The largest absolute Gasteiger partial charge is 0.449 e. The Bertz CT molecular complexity index is 1680. The Hall–Kier alpha value is -5.32. The van der Waals surface area contributed by atoms with E-state index in [2.05, 4.69) is 31.9 Å². The van der Waals surface area contributed by atoms with Gasteiger partial charge in [-0.05, 0) is 35.1 Å². The summed E-state index contributed by atoms with van der Waals surface area (Å²) in [7, 11) is 0. The number of amides is 8. The lowest BCUT2D eigenvalue weighted by atomic mass is 9.98. The van der Waals surface area contributed by atoms with E-state index >= 15 is 0 Å². The number of nitrogens with one attached hydrogen (secondary N) is 6. The van der Waals surface area contributed by atoms with Crippen LogP contribution in [-0.4, -0.2) is 115 Å². The average molecular weight is 765 g/mol. The Morgan fingerprint density at radius 1 is 0.907 bits per heavy atom. The number of unbranched alkanes of at least 4 members (excludes halogenated alkanes) is 1. The van der Waals surface area contributed by atoms with Crippen molar-refractivity contribution in [2.75, 3.05) is 45.1 Å². The van der Waals surface area contributed by atoms with Gasteiger partial charge in [-0.1, -0.05) is 55.0 Å². The van der Waals surface area contributed by atoms with Crippen LogP contribution < -0.4 is 37.6 Å². The van der Waals surface area contributed by atoms with Crippen molar-refractivity contribution >= 4 is 53.4 Å². The molecule has 16 nitrogen and oxygen atoms in total. The van der Waals surface area contributed by atoms with Crippen LogP contribution in [0.15, 0.2) is 48.5 Å². The highest BCUT2D eigenvalue weighted by Gasteiger charge is 2.42. The number of benzene rings is 2. The summed E-state index contributed by atoms with van der Waals surface area (Å²) in [5.74, 6) is -2.00. The number of ether oxygens (including phenoxy) is 1. The number of fused-ring (bicyclic) bond motifs is 4. The molecule has 17 heteroatoms. The Balaban J connectivity index is 1.04. The highest BCUT2D eigenvalue weighted by atomic mass is 32.2. The van der Waals surface area contributed by atoms with Gasteiger partial charge in [-0.2, -0.15) is 11.8 Å². The topological polar surface area (TPSA) is 230 Å². The lowest BCUT2D eigenvalue weighted by Gasteiger charge is -2.27. The van der Waals surface area contributed by atoms with Crippen LogP contribution in [0.4, 0.5) is 9.59 Å². The molecule has 2 saturated heterocycles. The maximum Gasteiger partial charge on any atom is 0.407 e. The van der Waals surface area contributed by atoms with Crippen LogP contribution in [-0.2, 0) is 28.7 Å². The van der Waals surface area contributed by atoms with Crippen LogP contribution >= 0.6 is 11.8 Å². The fourth-order valence-corrected chi connectivity index (χ4v) is 8.55. The van der Waals surface area contributed by atoms with Gasteiger partial charge in [0.05, 0.1) is 18.6 Å². The fraction of sp³-hybridized carbons (Fsp3) is 0.486. The second-order valence-corrected chi connectivity index (χ2v) is 14.8. The molecule has 2 fully saturated rings. The first-order valence-electron chi connectivity index (χ1n) is 18.1. The van der Waals surface area contributed by atoms with Gasteiger partial charge in [0.1, 0.15) is 12.6 Å². The van der Waals surface area contributed by atoms with E-state index in [-0.39, 0.29) is 75.6 Å². The zero-order chi connectivity index (χ0) is 38.6. The predicted molar refractivity (Wildman–Crippen MR) is 201 cm³/mol. The number of urea groups is 1. The first-order valence-corrected chi connectivity index (χ1v) is 19.2. The number of nitrogens with zero attached hydrogens (tertiary/aromatic N) is 1. The number of primary amides is 1. The molecule has 2 heterocycles. The van der Waals surface area contributed by atoms with Crippen molar-refractivity contribution < 1.29 is 38.3 Å². The third-order valence-electron chi connectivity index (χ3n) is 9.60. The summed E-state index contributed by atoms with van der Waals surface area (Å²) in [5.41, 5.74) is 9.73. The molecule has 3 aliphatic rings. The molecule has 0 aromatic heterocycles. The number of carbonyl (C=O) groups excluding carboxylic acids is 7. The van der Waals surface area contributed by atoms with Crippen LogP contribution in [0, 0.1) is 0 Å². The molecule has 8 N–H and O–H groups in total. The number of carbonyl (C=O) groups is 7. The molecule has 1 aliphatic carbocycles. The highest BCUT2D eigenvalue weighted by Crippen LogP contribution is 2.44. The van der Waals surface area contributed by atoms with Gasteiger partial charge in [0.15, 0.2) is 0 Å². The fourth-order valence-electron chi connectivity index (χ4n) is 7.01. The van der Waals surface area contributed by atoms with Gasteiger partial charge in [-0.3, -0.25) is 24.0 Å². The Labute approximate surface area is 317 Å². The third kappa shape index (κ3) is 10.9. The van der Waals surface area contributed by atoms with E-state index in [1.54, 1.807) is 0 Å². The molecule has 1 unspecified atom stereocenters. The van der Waals surface area contributed by atoms with Crippen molar-refractivity contribution in [2.24, 2.45) is 5.73 Å². The van der Waals surface area contributed by atoms with Crippen molar-refractivity contribution in [1.82, 2.24) is 36.8 Å². The predicted octanol–water partition coefficient (Wildman–Crippen LogP) is 0.692. The monoisotopic (exact) mass is 764 g/mol. The summed E-state index contributed by atoms with van der Waals surface area (Å²) in [6.07, 6.45) is 1.69. The van der Waals surface area contributed by atoms with Crippen LogP contribution in [0.1, 0.15) is 56.1 Å². The van der Waals surface area contributed by atoms with Crippen molar-refractivity contribution in [3.8, 4) is 11.1 Å². The Morgan fingerprint density at radius 3 is 2.30 bits per heavy atom. The van der Waals surface area contributed by atoms with Crippen molar-refractivity contribution in [3.63, 3.8) is 0 Å². The number of alkyl carbamates (subject to hydrolysis) is 1. The zero-order valence-electron chi connectivity index (χ0n) is 30.2. The molecule has 2 aromatic rings. The molecule has 290 valence electrons. The summed E-state index contributed by atoms with van der Waals surface area (Å²) in [6, 6.07) is 14.8. The van der Waals surface area contributed by atoms with Gasteiger partial charge < -0.3 is 47.3 Å². The quantitative estimate of drug-likeness (QED) is 0.0788. The zero-order valence-corrected chi connectivity index (χ0v) is 31.0. The third-order valence-corrected chi connectivity index (χ3v) is 11.1. The van der Waals surface area contributed by atoms with E-state index in [9.17, 15) is 33.6 Å². The lowest BCUT2D eigenvalue weighted by Crippen LogP contribution is -2.56. The molecule has 2 aliphatic heterocycles. The summed E-state index contributed by atoms with van der Waals surface area (Å²) in [5, 5.41) is 16.6. The maximum absolute atomic E-state index is 13.5. The second-order valence-electron chi connectivity index (χ2n) is 13.5. The summed E-state index contributed by atoms with van der Waals surface area (Å²) >= 11 is 1.81. The van der Waals surface area contributed by atoms with Crippen molar-refractivity contribution in [1.29, 1.82) is 0 Å². The Kier molecular flexibility index (Phi) is 14.1. The standard InChI is InChI=1S/C37H48N8O8S/c1-22(46)41-18-28(42-33(49)14-15-40-37(52)53-20-27-25-10-4-2-8-23(25)24-9-3-5-11-26(24)27)35(50)45(19-31(38)47)17-16-39-32(48)13-7-6-12-30-34-29(21-54-30)43-36(51)44-34/h2-5,8-11,27-30,34H,6-7,12-21H2,1H3,(H2,38,47)(H,39,48)(H,40,52)(H,41,46)(H,42,49)(H2,43,44,51)/t28?,29-,30-,34-/m0/s1. The number of nitrogens with two attached hydrogens (primary N) is 1. The number of hydrogen-bond acceptors (Lipinski definition) is 9. The SMILES string of the molecule is CC(=O)NCC(NC(=O)CCNC(=O)OCC1c2ccccc2-c2ccccc21)C(=O)N(CCNC(=O)CCCC[C@@H]1SC[C@@H]2NC(=O)N[C@@H]21)CC(N)=O. The molecule has 2 aromatic carbocycles. The van der Waals surface area contributed by atoms with E-state index in [0.29, 0.717) is 11.7 Å². The molecule has 0 spiro atoms. The minimum atomic E-state index is -1.25. The van der Waals surface area contributed by atoms with Crippen LogP contribution in [0.25, 0.3) is 11.1 Å². The van der Waals surface area contributed by atoms with Gasteiger partial charge in [0, 0.05) is 62.9 Å². The van der Waals surface area contributed by atoms with E-state index in [0.717, 1.165) is 45.7 Å². The number of thioether (sulfide) groups is 1. The molecule has 8 amide bonds. The number of hydrogen-bond donors (Lipinski definition) is 7. The van der Waals surface area contributed by atoms with Crippen LogP contribution in [0.2, 0.25) is 0 Å². The smallest absolute Gasteiger partial charge is 0.407 e. The normalized spacial score (nSPS) is 18.5. The molecule has 0 bridgehead atoms.